The van der Waals surface area contributed by atoms with E-state index < -0.39 is 22.1 Å². The Morgan fingerprint density at radius 2 is 1.69 bits per heavy atom. The van der Waals surface area contributed by atoms with Gasteiger partial charge in [-0.3, -0.25) is 4.79 Å². The van der Waals surface area contributed by atoms with Gasteiger partial charge >= 0.3 is 11.9 Å². The Morgan fingerprint density at radius 3 is 2.24 bits per heavy atom. The lowest BCUT2D eigenvalue weighted by Gasteiger charge is -2.20. The normalized spacial score (nSPS) is 11.9. The van der Waals surface area contributed by atoms with Crippen LogP contribution in [0.2, 0.25) is 0 Å². The lowest BCUT2D eigenvalue weighted by atomic mass is 10.2. The number of hydrogen-bond acceptors (Lipinski definition) is 7. The number of unbranched alkanes of at least 4 members (excludes halogenated alkanes) is 2. The highest BCUT2D eigenvalue weighted by atomic mass is 32.2. The van der Waals surface area contributed by atoms with Crippen LogP contribution >= 0.6 is 0 Å². The van der Waals surface area contributed by atoms with Crippen LogP contribution in [0.15, 0.2) is 52.0 Å². The maximum atomic E-state index is 11.9. The molecule has 0 aliphatic carbocycles. The molecular formula is C30H42N3O8S+. The number of benzene rings is 1. The van der Waals surface area contributed by atoms with Crippen molar-refractivity contribution in [2.45, 2.75) is 51.0 Å². The Hall–Kier alpha value is -3.74. The van der Waals surface area contributed by atoms with Gasteiger partial charge in [0.05, 0.1) is 21.1 Å². The summed E-state index contributed by atoms with van der Waals surface area (Å²) in [6, 6.07) is 9.45. The fourth-order valence-corrected chi connectivity index (χ4v) is 4.93. The second-order valence-corrected chi connectivity index (χ2v) is 12.2. The average Bonchev–Trinajstić information content (AvgIpc) is 3.29. The van der Waals surface area contributed by atoms with Gasteiger partial charge < -0.3 is 28.6 Å². The van der Waals surface area contributed by atoms with E-state index in [0.29, 0.717) is 36.1 Å². The number of quaternary nitrogens is 1. The number of nitrogens with zero attached hydrogens (tertiary/aromatic N) is 3. The summed E-state index contributed by atoms with van der Waals surface area (Å²) in [4.78, 5) is 22.5. The van der Waals surface area contributed by atoms with E-state index in [2.05, 4.69) is 18.7 Å². The SMILES string of the molecule is CCN(CC)c1ccc2cc(/C=C/c3cc[n+](CCCCCC(=O)O)cc3S(=O)(=O)[O-])oc2c1.C[N+](C)(C)CC(=O)O. The molecular weight excluding hydrogens is 562 g/mol. The molecule has 1 aromatic carbocycles. The molecule has 0 bridgehead atoms. The minimum Gasteiger partial charge on any atom is -0.744 e. The molecule has 0 aliphatic rings. The summed E-state index contributed by atoms with van der Waals surface area (Å²) in [7, 11) is 0.836. The molecule has 230 valence electrons. The lowest BCUT2D eigenvalue weighted by Crippen LogP contribution is -2.39. The maximum Gasteiger partial charge on any atom is 0.359 e. The number of carboxylic acids is 2. The van der Waals surface area contributed by atoms with Crippen LogP contribution in [0.3, 0.4) is 0 Å². The highest BCUT2D eigenvalue weighted by Gasteiger charge is 2.14. The number of rotatable bonds is 14. The molecule has 0 atom stereocenters. The summed E-state index contributed by atoms with van der Waals surface area (Å²) < 4.78 is 43.7. The number of pyridine rings is 1. The van der Waals surface area contributed by atoms with Crippen LogP contribution < -0.4 is 9.47 Å². The second-order valence-electron chi connectivity index (χ2n) is 10.9. The number of likely N-dealkylation sites (N-methyl/N-ethyl adjacent to an activating group) is 1. The summed E-state index contributed by atoms with van der Waals surface area (Å²) in [6.45, 7) is 6.63. The van der Waals surface area contributed by atoms with E-state index in [1.54, 1.807) is 29.0 Å². The van der Waals surface area contributed by atoms with Crippen LogP contribution in [0.25, 0.3) is 23.1 Å². The van der Waals surface area contributed by atoms with Crippen molar-refractivity contribution in [1.29, 1.82) is 0 Å². The molecule has 3 aromatic rings. The zero-order valence-electron chi connectivity index (χ0n) is 24.9. The second kappa shape index (κ2) is 15.5. The minimum absolute atomic E-state index is 0.104. The number of carbonyl (C=O) groups is 2. The number of fused-ring (bicyclic) bond motifs is 1. The van der Waals surface area contributed by atoms with E-state index in [0.717, 1.165) is 29.7 Å². The van der Waals surface area contributed by atoms with Crippen molar-refractivity contribution in [3.05, 3.63) is 54.0 Å². The molecule has 0 saturated heterocycles. The van der Waals surface area contributed by atoms with Crippen LogP contribution in [0.1, 0.15) is 50.9 Å². The first-order chi connectivity index (χ1) is 19.6. The van der Waals surface area contributed by atoms with Gasteiger partial charge in [-0.15, -0.1) is 0 Å². The molecule has 12 heteroatoms. The molecule has 0 amide bonds. The Labute approximate surface area is 247 Å². The average molecular weight is 605 g/mol. The summed E-state index contributed by atoms with van der Waals surface area (Å²) in [6.07, 6.45) is 8.28. The number of furan rings is 1. The zero-order chi connectivity index (χ0) is 31.5. The number of aliphatic carboxylic acids is 2. The number of anilines is 1. The molecule has 0 aliphatic heterocycles. The van der Waals surface area contributed by atoms with Gasteiger partial charge in [-0.2, -0.15) is 0 Å². The summed E-state index contributed by atoms with van der Waals surface area (Å²) in [5, 5.41) is 17.9. The number of aromatic nitrogens is 1. The van der Waals surface area contributed by atoms with Crippen LogP contribution in [0.5, 0.6) is 0 Å². The smallest absolute Gasteiger partial charge is 0.359 e. The molecule has 11 nitrogen and oxygen atoms in total. The van der Waals surface area contributed by atoms with E-state index in [4.69, 9.17) is 14.6 Å². The highest BCUT2D eigenvalue weighted by molar-refractivity contribution is 7.85. The fourth-order valence-electron chi connectivity index (χ4n) is 4.25. The predicted molar refractivity (Wildman–Crippen MR) is 160 cm³/mol. The van der Waals surface area contributed by atoms with Crippen LogP contribution in [-0.2, 0) is 26.3 Å². The monoisotopic (exact) mass is 604 g/mol. The summed E-state index contributed by atoms with van der Waals surface area (Å²) >= 11 is 0. The quantitative estimate of drug-likeness (QED) is 0.120. The molecule has 2 aromatic heterocycles. The van der Waals surface area contributed by atoms with Gasteiger partial charge in [0.15, 0.2) is 18.9 Å². The van der Waals surface area contributed by atoms with Gasteiger partial charge in [0, 0.05) is 54.7 Å². The molecule has 0 saturated carbocycles. The summed E-state index contributed by atoms with van der Waals surface area (Å²) in [5.41, 5.74) is 2.08. The molecule has 2 N–H and O–H groups in total. The molecule has 0 fully saturated rings. The third-order valence-corrected chi connectivity index (χ3v) is 7.16. The van der Waals surface area contributed by atoms with E-state index in [1.807, 2.05) is 45.4 Å². The van der Waals surface area contributed by atoms with Crippen molar-refractivity contribution in [3.63, 3.8) is 0 Å². The highest BCUT2D eigenvalue weighted by Crippen LogP contribution is 2.26. The molecule has 0 radical (unpaired) electrons. The van der Waals surface area contributed by atoms with Gasteiger partial charge in [-0.25, -0.2) is 17.8 Å². The molecule has 42 heavy (non-hydrogen) atoms. The molecule has 2 heterocycles. The Morgan fingerprint density at radius 1 is 1.00 bits per heavy atom. The minimum atomic E-state index is -4.69. The van der Waals surface area contributed by atoms with Gasteiger partial charge in [-0.05, 0) is 57.0 Å². The first-order valence-electron chi connectivity index (χ1n) is 13.8. The van der Waals surface area contributed by atoms with E-state index >= 15 is 0 Å². The molecule has 0 spiro atoms. The lowest BCUT2D eigenvalue weighted by molar-refractivity contribution is -0.862. The first-order valence-corrected chi connectivity index (χ1v) is 15.2. The fraction of sp³-hybridized carbons (Fsp3) is 0.433. The Balaban J connectivity index is 0.000000675. The third kappa shape index (κ3) is 11.6. The van der Waals surface area contributed by atoms with Gasteiger partial charge in [0.2, 0.25) is 0 Å². The Bertz CT molecular complexity index is 1490. The maximum absolute atomic E-state index is 11.9. The number of aryl methyl sites for hydroxylation is 1. The van der Waals surface area contributed by atoms with Gasteiger partial charge in [0.25, 0.3) is 0 Å². The number of hydrogen-bond donors (Lipinski definition) is 2. The van der Waals surface area contributed by atoms with Gasteiger partial charge in [-0.1, -0.05) is 0 Å². The molecule has 0 unspecified atom stereocenters. The third-order valence-electron chi connectivity index (χ3n) is 6.28. The standard InChI is InChI=1S/C25H30N2O6S.C5H11NO2/c1-3-27(4-2)21-11-9-20-16-22(33-23(20)17-21)12-10-19-13-15-26(18-24(19)34(30,31)32)14-7-5-6-8-25(28)29;1-6(2,3)4-5(7)8/h9-13,15-18H,3-8,14H2,1-2H3,(H-,28,29,30,31,32);4H2,1-3H3/p+1. The van der Waals surface area contributed by atoms with Crippen molar-refractivity contribution in [2.75, 3.05) is 45.7 Å². The van der Waals surface area contributed by atoms with Gasteiger partial charge in [0.1, 0.15) is 32.9 Å². The van der Waals surface area contributed by atoms with Crippen molar-refractivity contribution in [2.24, 2.45) is 0 Å². The van der Waals surface area contributed by atoms with Crippen LogP contribution in [-0.4, -0.2) is 80.4 Å². The van der Waals surface area contributed by atoms with Crippen LogP contribution in [0.4, 0.5) is 5.69 Å². The predicted octanol–water partition coefficient (Wildman–Crippen LogP) is 4.06. The van der Waals surface area contributed by atoms with E-state index in [-0.39, 0.29) is 23.4 Å². The topological polar surface area (TPSA) is 152 Å². The van der Waals surface area contributed by atoms with E-state index in [1.165, 1.54) is 6.20 Å². The molecule has 3 rings (SSSR count). The summed E-state index contributed by atoms with van der Waals surface area (Å²) in [5.74, 6) is -1.04. The number of carboxylic acid groups (broad SMARTS) is 2. The first kappa shape index (κ1) is 34.5. The van der Waals surface area contributed by atoms with E-state index in [9.17, 15) is 22.6 Å². The van der Waals surface area contributed by atoms with Crippen LogP contribution in [0, 0.1) is 0 Å². The van der Waals surface area contributed by atoms with Crippen molar-refractivity contribution in [3.8, 4) is 0 Å². The zero-order valence-corrected chi connectivity index (χ0v) is 25.8. The van der Waals surface area contributed by atoms with Crippen molar-refractivity contribution >= 4 is 50.9 Å². The largest absolute Gasteiger partial charge is 0.744 e. The van der Waals surface area contributed by atoms with Crippen molar-refractivity contribution in [1.82, 2.24) is 0 Å². The van der Waals surface area contributed by atoms with Crippen molar-refractivity contribution < 1.29 is 46.2 Å². The Kier molecular flexibility index (Phi) is 12.7.